The van der Waals surface area contributed by atoms with E-state index in [-0.39, 0.29) is 0 Å². The third-order valence-corrected chi connectivity index (χ3v) is 1.38. The highest BCUT2D eigenvalue weighted by Gasteiger charge is 1.96. The van der Waals surface area contributed by atoms with Crippen molar-refractivity contribution < 1.29 is 0 Å². The predicted molar refractivity (Wildman–Crippen MR) is 47.1 cm³/mol. The molecule has 0 saturated carbocycles. The summed E-state index contributed by atoms with van der Waals surface area (Å²) in [6.45, 7) is 0. The number of aromatic nitrogens is 1. The Morgan fingerprint density at radius 1 is 1.73 bits per heavy atom. The highest BCUT2D eigenvalue weighted by Crippen LogP contribution is 2.07. The molecule has 2 radical (unpaired) electrons. The molecule has 0 aliphatic carbocycles. The summed E-state index contributed by atoms with van der Waals surface area (Å²) < 4.78 is 0. The zero-order chi connectivity index (χ0) is 8.27. The number of hydrogen-bond donors (Lipinski definition) is 2. The monoisotopic (exact) mass is 145 g/mol. The predicted octanol–water partition coefficient (Wildman–Crippen LogP) is -0.0852. The molecule has 0 atom stereocenters. The SMILES string of the molecule is [B]c1cc(C=N)c(NC)cn1. The molecule has 0 amide bonds. The lowest BCUT2D eigenvalue weighted by Crippen LogP contribution is -2.10. The summed E-state index contributed by atoms with van der Waals surface area (Å²) in [6.07, 6.45) is 2.85. The lowest BCUT2D eigenvalue weighted by molar-refractivity contribution is 1.35. The number of rotatable bonds is 2. The molecular weight excluding hydrogens is 137 g/mol. The van der Waals surface area contributed by atoms with Gasteiger partial charge < -0.3 is 10.7 Å². The van der Waals surface area contributed by atoms with Crippen molar-refractivity contribution in [1.29, 1.82) is 5.41 Å². The molecule has 3 nitrogen and oxygen atoms in total. The molecule has 4 heteroatoms. The first-order valence-corrected chi connectivity index (χ1v) is 3.21. The molecule has 0 bridgehead atoms. The van der Waals surface area contributed by atoms with E-state index in [4.69, 9.17) is 13.3 Å². The minimum absolute atomic E-state index is 0.433. The van der Waals surface area contributed by atoms with E-state index in [1.807, 2.05) is 0 Å². The molecule has 0 aromatic carbocycles. The van der Waals surface area contributed by atoms with Gasteiger partial charge in [-0.1, -0.05) is 0 Å². The fraction of sp³-hybridized carbons (Fsp3) is 0.143. The van der Waals surface area contributed by atoms with Gasteiger partial charge in [0.25, 0.3) is 0 Å². The molecule has 1 aromatic heterocycles. The maximum Gasteiger partial charge on any atom is 0.141 e. The van der Waals surface area contributed by atoms with Crippen molar-refractivity contribution in [3.05, 3.63) is 17.8 Å². The van der Waals surface area contributed by atoms with E-state index in [1.165, 1.54) is 6.21 Å². The molecule has 0 aliphatic heterocycles. The average molecular weight is 145 g/mol. The molecule has 1 aromatic rings. The summed E-state index contributed by atoms with van der Waals surface area (Å²) in [7, 11) is 7.19. The standard InChI is InChI=1S/C7H8BN3/c1-10-6-4-11-7(8)2-5(6)3-9/h2-4,9-10H,1H3. The molecule has 0 saturated heterocycles. The molecular formula is C7H8BN3. The molecule has 1 heterocycles. The third-order valence-electron chi connectivity index (χ3n) is 1.38. The van der Waals surface area contributed by atoms with Crippen LogP contribution in [0.15, 0.2) is 12.3 Å². The zero-order valence-corrected chi connectivity index (χ0v) is 6.26. The van der Waals surface area contributed by atoms with Crippen LogP contribution < -0.4 is 10.9 Å². The quantitative estimate of drug-likeness (QED) is 0.451. The highest BCUT2D eigenvalue weighted by molar-refractivity contribution is 6.31. The molecule has 11 heavy (non-hydrogen) atoms. The number of hydrogen-bond acceptors (Lipinski definition) is 3. The van der Waals surface area contributed by atoms with Crippen LogP contribution in [0.25, 0.3) is 0 Å². The van der Waals surface area contributed by atoms with E-state index in [1.54, 1.807) is 19.3 Å². The van der Waals surface area contributed by atoms with Crippen LogP contribution in [0.4, 0.5) is 5.69 Å². The summed E-state index contributed by atoms with van der Waals surface area (Å²) in [6, 6.07) is 1.65. The first-order chi connectivity index (χ1) is 5.27. The van der Waals surface area contributed by atoms with Gasteiger partial charge in [0, 0.05) is 25.0 Å². The summed E-state index contributed by atoms with van der Waals surface area (Å²) in [5.74, 6) is 0. The molecule has 1 rings (SSSR count). The number of nitrogens with zero attached hydrogens (tertiary/aromatic N) is 1. The van der Waals surface area contributed by atoms with Gasteiger partial charge in [0.1, 0.15) is 7.85 Å². The largest absolute Gasteiger partial charge is 0.386 e. The van der Waals surface area contributed by atoms with Gasteiger partial charge in [0.05, 0.1) is 5.69 Å². The van der Waals surface area contributed by atoms with Gasteiger partial charge in [-0.25, -0.2) is 0 Å². The number of pyridine rings is 1. The van der Waals surface area contributed by atoms with Gasteiger partial charge in [-0.2, -0.15) is 0 Å². The van der Waals surface area contributed by atoms with Crippen molar-refractivity contribution in [2.45, 2.75) is 0 Å². The Hall–Kier alpha value is -1.32. The van der Waals surface area contributed by atoms with Crippen LogP contribution in [-0.4, -0.2) is 26.1 Å². The second-order valence-electron chi connectivity index (χ2n) is 2.09. The smallest absolute Gasteiger partial charge is 0.141 e. The van der Waals surface area contributed by atoms with Crippen molar-refractivity contribution >= 4 is 25.3 Å². The fourth-order valence-electron chi connectivity index (χ4n) is 0.816. The molecule has 54 valence electrons. The van der Waals surface area contributed by atoms with Crippen LogP contribution in [0.5, 0.6) is 0 Å². The van der Waals surface area contributed by atoms with Gasteiger partial charge >= 0.3 is 0 Å². The van der Waals surface area contributed by atoms with Gasteiger partial charge in [-0.3, -0.25) is 4.98 Å². The Balaban J connectivity index is 3.16. The molecule has 0 aliphatic rings. The Kier molecular flexibility index (Phi) is 2.26. The minimum Gasteiger partial charge on any atom is -0.386 e. The Bertz CT molecular complexity index is 272. The van der Waals surface area contributed by atoms with E-state index < -0.39 is 0 Å². The maximum absolute atomic E-state index is 7.04. The molecule has 0 unspecified atom stereocenters. The van der Waals surface area contributed by atoms with Gasteiger partial charge in [-0.15, -0.1) is 0 Å². The third kappa shape index (κ3) is 1.58. The summed E-state index contributed by atoms with van der Waals surface area (Å²) in [5, 5.41) is 9.94. The van der Waals surface area contributed by atoms with E-state index in [0.717, 1.165) is 11.3 Å². The maximum atomic E-state index is 7.04. The second kappa shape index (κ2) is 3.19. The van der Waals surface area contributed by atoms with Gasteiger partial charge in [0.15, 0.2) is 0 Å². The van der Waals surface area contributed by atoms with Crippen molar-refractivity contribution in [2.75, 3.05) is 12.4 Å². The highest BCUT2D eigenvalue weighted by atomic mass is 14.8. The van der Waals surface area contributed by atoms with E-state index in [2.05, 4.69) is 10.3 Å². The summed E-state index contributed by atoms with van der Waals surface area (Å²) >= 11 is 0. The van der Waals surface area contributed by atoms with Crippen molar-refractivity contribution in [1.82, 2.24) is 4.98 Å². The number of nitrogens with one attached hydrogen (secondary N) is 2. The van der Waals surface area contributed by atoms with Crippen LogP contribution in [0, 0.1) is 5.41 Å². The lowest BCUT2D eigenvalue weighted by Gasteiger charge is -2.03. The second-order valence-corrected chi connectivity index (χ2v) is 2.09. The minimum atomic E-state index is 0.433. The Morgan fingerprint density at radius 3 is 3.00 bits per heavy atom. The normalized spacial score (nSPS) is 9.18. The van der Waals surface area contributed by atoms with Gasteiger partial charge in [0.2, 0.25) is 0 Å². The van der Waals surface area contributed by atoms with Crippen LogP contribution in [0.1, 0.15) is 5.56 Å². The molecule has 0 spiro atoms. The van der Waals surface area contributed by atoms with Crippen molar-refractivity contribution in [3.8, 4) is 0 Å². The zero-order valence-electron chi connectivity index (χ0n) is 6.26. The van der Waals surface area contributed by atoms with E-state index in [0.29, 0.717) is 5.59 Å². The van der Waals surface area contributed by atoms with E-state index in [9.17, 15) is 0 Å². The first-order valence-electron chi connectivity index (χ1n) is 3.21. The Morgan fingerprint density at radius 2 is 2.45 bits per heavy atom. The van der Waals surface area contributed by atoms with Gasteiger partial charge in [-0.05, 0) is 11.7 Å². The van der Waals surface area contributed by atoms with Crippen LogP contribution in [0.2, 0.25) is 0 Å². The van der Waals surface area contributed by atoms with E-state index >= 15 is 0 Å². The Labute approximate surface area is 66.8 Å². The topological polar surface area (TPSA) is 48.8 Å². The summed E-state index contributed by atoms with van der Waals surface area (Å²) in [5.41, 5.74) is 2.00. The lowest BCUT2D eigenvalue weighted by atomic mass is 10.0. The van der Waals surface area contributed by atoms with Crippen LogP contribution in [-0.2, 0) is 0 Å². The average Bonchev–Trinajstić information content (AvgIpc) is 2.04. The van der Waals surface area contributed by atoms with Crippen molar-refractivity contribution in [2.24, 2.45) is 0 Å². The van der Waals surface area contributed by atoms with Crippen molar-refractivity contribution in [3.63, 3.8) is 0 Å². The summed E-state index contributed by atoms with van der Waals surface area (Å²) in [4.78, 5) is 3.87. The first kappa shape index (κ1) is 7.79. The number of anilines is 1. The molecule has 0 fully saturated rings. The fourth-order valence-corrected chi connectivity index (χ4v) is 0.816. The molecule has 2 N–H and O–H groups in total. The van der Waals surface area contributed by atoms with Crippen LogP contribution >= 0.6 is 0 Å². The van der Waals surface area contributed by atoms with Crippen LogP contribution in [0.3, 0.4) is 0 Å².